The second kappa shape index (κ2) is 6.25. The van der Waals surface area contributed by atoms with Crippen LogP contribution in [-0.2, 0) is 4.74 Å². The first-order chi connectivity index (χ1) is 12.8. The molecule has 27 heavy (non-hydrogen) atoms. The van der Waals surface area contributed by atoms with Gasteiger partial charge in [0.05, 0.1) is 18.2 Å². The number of ether oxygens (including phenoxy) is 2. The van der Waals surface area contributed by atoms with Gasteiger partial charge >= 0.3 is 12.1 Å². The highest BCUT2D eigenvalue weighted by Crippen LogP contribution is 2.46. The normalized spacial score (nSPS) is 18.7. The average molecular weight is 370 g/mol. The summed E-state index contributed by atoms with van der Waals surface area (Å²) in [5.41, 5.74) is 1.37. The van der Waals surface area contributed by atoms with Crippen molar-refractivity contribution >= 4 is 22.7 Å². The fourth-order valence-electron chi connectivity index (χ4n) is 3.75. The van der Waals surface area contributed by atoms with Crippen molar-refractivity contribution in [1.82, 2.24) is 14.9 Å². The summed E-state index contributed by atoms with van der Waals surface area (Å²) in [6.07, 6.45) is 3.64. The fourth-order valence-corrected chi connectivity index (χ4v) is 3.75. The SMILES string of the molecule is COc1ncc2c(N3CCN(C(=O)OC(C)(C)C)C4(CC4)C3)cccc2n1. The number of methoxy groups -OCH3 is 1. The Morgan fingerprint density at radius 1 is 1.22 bits per heavy atom. The average Bonchev–Trinajstić information content (AvgIpc) is 3.38. The Balaban J connectivity index is 1.58. The maximum absolute atomic E-state index is 12.6. The maximum Gasteiger partial charge on any atom is 0.410 e. The lowest BCUT2D eigenvalue weighted by atomic mass is 10.1. The molecule has 1 saturated carbocycles. The standard InChI is InChI=1S/C20H26N4O3/c1-19(2,3)27-18(25)24-11-10-23(13-20(24)8-9-20)16-7-5-6-15-14(16)12-21-17(22-15)26-4/h5-7,12H,8-11,13H2,1-4H3. The summed E-state index contributed by atoms with van der Waals surface area (Å²) in [4.78, 5) is 25.6. The molecule has 144 valence electrons. The lowest BCUT2D eigenvalue weighted by Crippen LogP contribution is -2.58. The molecule has 0 atom stereocenters. The molecule has 2 fully saturated rings. The molecule has 0 bridgehead atoms. The van der Waals surface area contributed by atoms with Crippen LogP contribution in [-0.4, -0.2) is 58.8 Å². The maximum atomic E-state index is 12.6. The van der Waals surface area contributed by atoms with Crippen LogP contribution in [0.1, 0.15) is 33.6 Å². The van der Waals surface area contributed by atoms with Crippen LogP contribution >= 0.6 is 0 Å². The zero-order valence-electron chi connectivity index (χ0n) is 16.4. The van der Waals surface area contributed by atoms with E-state index in [1.165, 1.54) is 0 Å². The monoisotopic (exact) mass is 370 g/mol. The van der Waals surface area contributed by atoms with Gasteiger partial charge in [0.15, 0.2) is 0 Å². The Hall–Kier alpha value is -2.57. The molecule has 0 unspecified atom stereocenters. The van der Waals surface area contributed by atoms with Crippen molar-refractivity contribution in [3.63, 3.8) is 0 Å². The Kier molecular flexibility index (Phi) is 4.13. The number of hydrogen-bond donors (Lipinski definition) is 0. The smallest absolute Gasteiger partial charge is 0.410 e. The summed E-state index contributed by atoms with van der Waals surface area (Å²) in [6.45, 7) is 7.94. The Labute approximate surface area is 159 Å². The fraction of sp³-hybridized carbons (Fsp3) is 0.550. The van der Waals surface area contributed by atoms with Gasteiger partial charge in [-0.15, -0.1) is 0 Å². The first-order valence-corrected chi connectivity index (χ1v) is 9.37. The number of piperazine rings is 1. The third kappa shape index (κ3) is 3.38. The van der Waals surface area contributed by atoms with Gasteiger partial charge < -0.3 is 14.4 Å². The van der Waals surface area contributed by atoms with Gasteiger partial charge in [-0.05, 0) is 45.7 Å². The second-order valence-electron chi connectivity index (χ2n) is 8.34. The molecule has 1 aliphatic heterocycles. The molecule has 1 spiro atoms. The third-order valence-electron chi connectivity index (χ3n) is 5.20. The van der Waals surface area contributed by atoms with Crippen molar-refractivity contribution in [2.45, 2.75) is 44.8 Å². The zero-order chi connectivity index (χ0) is 19.2. The number of aromatic nitrogens is 2. The van der Waals surface area contributed by atoms with E-state index in [0.717, 1.165) is 42.5 Å². The molecular formula is C20H26N4O3. The molecule has 1 saturated heterocycles. The first-order valence-electron chi connectivity index (χ1n) is 9.37. The van der Waals surface area contributed by atoms with E-state index < -0.39 is 5.60 Å². The third-order valence-corrected chi connectivity index (χ3v) is 5.20. The van der Waals surface area contributed by atoms with Crippen molar-refractivity contribution in [1.29, 1.82) is 0 Å². The van der Waals surface area contributed by atoms with Gasteiger partial charge in [0.25, 0.3) is 0 Å². The van der Waals surface area contributed by atoms with Crippen LogP contribution in [0, 0.1) is 0 Å². The van der Waals surface area contributed by atoms with Crippen molar-refractivity contribution in [2.24, 2.45) is 0 Å². The molecule has 2 aliphatic rings. The van der Waals surface area contributed by atoms with Crippen molar-refractivity contribution in [3.05, 3.63) is 24.4 Å². The quantitative estimate of drug-likeness (QED) is 0.808. The van der Waals surface area contributed by atoms with Crippen LogP contribution < -0.4 is 9.64 Å². The van der Waals surface area contributed by atoms with Gasteiger partial charge in [0, 0.05) is 36.9 Å². The summed E-state index contributed by atoms with van der Waals surface area (Å²) < 4.78 is 10.8. The van der Waals surface area contributed by atoms with Gasteiger partial charge in [0.2, 0.25) is 0 Å². The highest BCUT2D eigenvalue weighted by atomic mass is 16.6. The number of amides is 1. The molecule has 0 radical (unpaired) electrons. The summed E-state index contributed by atoms with van der Waals surface area (Å²) >= 11 is 0. The van der Waals surface area contributed by atoms with Crippen LogP contribution in [0.5, 0.6) is 6.01 Å². The Morgan fingerprint density at radius 3 is 2.67 bits per heavy atom. The topological polar surface area (TPSA) is 67.8 Å². The predicted octanol–water partition coefficient (Wildman–Crippen LogP) is 3.23. The van der Waals surface area contributed by atoms with E-state index in [2.05, 4.69) is 20.9 Å². The number of carbonyl (C=O) groups is 1. The van der Waals surface area contributed by atoms with Gasteiger partial charge in [-0.3, -0.25) is 4.90 Å². The molecule has 2 heterocycles. The first kappa shape index (κ1) is 17.8. The Morgan fingerprint density at radius 2 is 2.00 bits per heavy atom. The van der Waals surface area contributed by atoms with Gasteiger partial charge in [-0.2, -0.15) is 4.98 Å². The van der Waals surface area contributed by atoms with Crippen LogP contribution in [0.4, 0.5) is 10.5 Å². The van der Waals surface area contributed by atoms with Crippen LogP contribution in [0.2, 0.25) is 0 Å². The summed E-state index contributed by atoms with van der Waals surface area (Å²) in [5.74, 6) is 0. The zero-order valence-corrected chi connectivity index (χ0v) is 16.4. The van der Waals surface area contributed by atoms with Crippen LogP contribution in [0.15, 0.2) is 24.4 Å². The van der Waals surface area contributed by atoms with Gasteiger partial charge in [-0.1, -0.05) is 6.07 Å². The van der Waals surface area contributed by atoms with E-state index >= 15 is 0 Å². The van der Waals surface area contributed by atoms with E-state index in [1.807, 2.05) is 44.0 Å². The number of nitrogens with zero attached hydrogens (tertiary/aromatic N) is 4. The minimum absolute atomic E-state index is 0.115. The molecular weight excluding hydrogens is 344 g/mol. The molecule has 7 heteroatoms. The van der Waals surface area contributed by atoms with E-state index in [9.17, 15) is 4.79 Å². The summed E-state index contributed by atoms with van der Waals surface area (Å²) in [6, 6.07) is 6.43. The van der Waals surface area contributed by atoms with Crippen molar-refractivity contribution in [3.8, 4) is 6.01 Å². The molecule has 1 aromatic heterocycles. The number of carbonyl (C=O) groups excluding carboxylic acids is 1. The number of hydrogen-bond acceptors (Lipinski definition) is 6. The van der Waals surface area contributed by atoms with Crippen LogP contribution in [0.25, 0.3) is 10.9 Å². The number of rotatable bonds is 2. The van der Waals surface area contributed by atoms with E-state index in [4.69, 9.17) is 9.47 Å². The lowest BCUT2D eigenvalue weighted by Gasteiger charge is -2.43. The number of fused-ring (bicyclic) bond motifs is 1. The van der Waals surface area contributed by atoms with E-state index in [0.29, 0.717) is 12.6 Å². The summed E-state index contributed by atoms with van der Waals surface area (Å²) in [5, 5.41) is 1.000. The van der Waals surface area contributed by atoms with Crippen molar-refractivity contribution < 1.29 is 14.3 Å². The molecule has 7 nitrogen and oxygen atoms in total. The molecule has 0 N–H and O–H groups in total. The number of benzene rings is 1. The van der Waals surface area contributed by atoms with E-state index in [1.54, 1.807) is 7.11 Å². The largest absolute Gasteiger partial charge is 0.467 e. The van der Waals surface area contributed by atoms with Gasteiger partial charge in [0.1, 0.15) is 5.60 Å². The second-order valence-corrected chi connectivity index (χ2v) is 8.34. The number of anilines is 1. The van der Waals surface area contributed by atoms with E-state index in [-0.39, 0.29) is 11.6 Å². The van der Waals surface area contributed by atoms with Crippen LogP contribution in [0.3, 0.4) is 0 Å². The minimum atomic E-state index is -0.476. The highest BCUT2D eigenvalue weighted by molar-refractivity contribution is 5.91. The van der Waals surface area contributed by atoms with Gasteiger partial charge in [-0.25, -0.2) is 9.78 Å². The Bertz CT molecular complexity index is 873. The summed E-state index contributed by atoms with van der Waals surface area (Å²) in [7, 11) is 1.57. The molecule has 2 aromatic rings. The molecule has 1 amide bonds. The predicted molar refractivity (Wildman–Crippen MR) is 103 cm³/mol. The lowest BCUT2D eigenvalue weighted by molar-refractivity contribution is 0.0107. The highest BCUT2D eigenvalue weighted by Gasteiger charge is 2.54. The molecule has 1 aliphatic carbocycles. The molecule has 1 aromatic carbocycles. The van der Waals surface area contributed by atoms with Crippen molar-refractivity contribution in [2.75, 3.05) is 31.6 Å². The minimum Gasteiger partial charge on any atom is -0.467 e. The molecule has 4 rings (SSSR count).